The number of phenols is 1. The van der Waals surface area contributed by atoms with Gasteiger partial charge in [0.1, 0.15) is 5.75 Å². The highest BCUT2D eigenvalue weighted by molar-refractivity contribution is 5.97. The fourth-order valence-electron chi connectivity index (χ4n) is 2.51. The van der Waals surface area contributed by atoms with Crippen molar-refractivity contribution in [3.8, 4) is 5.75 Å². The van der Waals surface area contributed by atoms with Gasteiger partial charge in [0.25, 0.3) is 5.91 Å². The maximum atomic E-state index is 12.2. The van der Waals surface area contributed by atoms with Crippen LogP contribution < -0.4 is 10.2 Å². The number of amides is 1. The first-order valence-electron chi connectivity index (χ1n) is 7.57. The number of aromatic nitrogens is 1. The fraction of sp³-hybridized carbons (Fsp3) is 0.294. The summed E-state index contributed by atoms with van der Waals surface area (Å²) in [5.74, 6) is -0.311. The molecule has 120 valence electrons. The Morgan fingerprint density at radius 3 is 2.65 bits per heavy atom. The lowest BCUT2D eigenvalue weighted by molar-refractivity contribution is 0.0948. The van der Waals surface area contributed by atoms with E-state index < -0.39 is 0 Å². The molecule has 2 aromatic rings. The first-order valence-corrected chi connectivity index (χ1v) is 7.57. The summed E-state index contributed by atoms with van der Waals surface area (Å²) in [6.07, 6.45) is 3.35. The molecule has 6 nitrogen and oxygen atoms in total. The van der Waals surface area contributed by atoms with Gasteiger partial charge in [-0.1, -0.05) is 0 Å². The van der Waals surface area contributed by atoms with Crippen LogP contribution in [0.25, 0.3) is 0 Å². The summed E-state index contributed by atoms with van der Waals surface area (Å²) in [6, 6.07) is 8.81. The van der Waals surface area contributed by atoms with Crippen LogP contribution in [0.1, 0.15) is 15.9 Å². The number of phenolic OH excluding ortho intramolecular Hbond substituents is 1. The van der Waals surface area contributed by atoms with E-state index in [0.717, 1.165) is 24.3 Å². The van der Waals surface area contributed by atoms with Gasteiger partial charge in [0.2, 0.25) is 0 Å². The number of ether oxygens (including phenoxy) is 1. The summed E-state index contributed by atoms with van der Waals surface area (Å²) in [5.41, 5.74) is 2.13. The Morgan fingerprint density at radius 1 is 1.22 bits per heavy atom. The molecular formula is C17H19N3O3. The lowest BCUT2D eigenvalue weighted by atomic mass is 10.1. The Morgan fingerprint density at radius 2 is 1.96 bits per heavy atom. The highest BCUT2D eigenvalue weighted by Gasteiger charge is 2.15. The quantitative estimate of drug-likeness (QED) is 0.896. The van der Waals surface area contributed by atoms with Crippen LogP contribution in [-0.2, 0) is 11.3 Å². The van der Waals surface area contributed by atoms with Crippen LogP contribution in [0.5, 0.6) is 5.75 Å². The van der Waals surface area contributed by atoms with E-state index in [2.05, 4.69) is 15.2 Å². The molecule has 1 aromatic heterocycles. The molecule has 3 rings (SSSR count). The van der Waals surface area contributed by atoms with Crippen LogP contribution in [0, 0.1) is 0 Å². The lowest BCUT2D eigenvalue weighted by Crippen LogP contribution is -2.36. The average molecular weight is 313 g/mol. The van der Waals surface area contributed by atoms with Crippen molar-refractivity contribution in [1.29, 1.82) is 0 Å². The minimum Gasteiger partial charge on any atom is -0.507 e. The molecule has 1 aromatic carbocycles. The fourth-order valence-corrected chi connectivity index (χ4v) is 2.51. The molecule has 0 atom stereocenters. The first kappa shape index (κ1) is 15.3. The number of rotatable bonds is 4. The van der Waals surface area contributed by atoms with Crippen molar-refractivity contribution in [2.24, 2.45) is 0 Å². The minimum absolute atomic E-state index is 0.0128. The molecule has 23 heavy (non-hydrogen) atoms. The van der Waals surface area contributed by atoms with E-state index in [4.69, 9.17) is 4.74 Å². The zero-order valence-corrected chi connectivity index (χ0v) is 12.7. The number of nitrogens with one attached hydrogen (secondary N) is 1. The molecule has 0 unspecified atom stereocenters. The molecule has 2 heterocycles. The number of nitrogens with zero attached hydrogens (tertiary/aromatic N) is 2. The van der Waals surface area contributed by atoms with Gasteiger partial charge in [-0.25, -0.2) is 0 Å². The van der Waals surface area contributed by atoms with Crippen molar-refractivity contribution >= 4 is 11.6 Å². The van der Waals surface area contributed by atoms with Crippen LogP contribution in [0.4, 0.5) is 5.69 Å². The van der Waals surface area contributed by atoms with Crippen molar-refractivity contribution < 1.29 is 14.6 Å². The highest BCUT2D eigenvalue weighted by atomic mass is 16.5. The predicted octanol–water partition coefficient (Wildman–Crippen LogP) is 1.55. The van der Waals surface area contributed by atoms with Crippen LogP contribution in [-0.4, -0.2) is 42.3 Å². The van der Waals surface area contributed by atoms with E-state index in [1.54, 1.807) is 24.5 Å². The monoisotopic (exact) mass is 313 g/mol. The number of benzene rings is 1. The van der Waals surface area contributed by atoms with Gasteiger partial charge in [-0.05, 0) is 29.8 Å². The first-order chi connectivity index (χ1) is 11.2. The summed E-state index contributed by atoms with van der Waals surface area (Å²) in [7, 11) is 0. The van der Waals surface area contributed by atoms with E-state index in [9.17, 15) is 9.90 Å². The van der Waals surface area contributed by atoms with Crippen molar-refractivity contribution in [2.75, 3.05) is 31.2 Å². The Labute approximate surface area is 134 Å². The summed E-state index contributed by atoms with van der Waals surface area (Å²) in [4.78, 5) is 18.3. The molecule has 1 aliphatic rings. The Bertz CT molecular complexity index is 670. The van der Waals surface area contributed by atoms with Gasteiger partial charge in [0, 0.05) is 43.8 Å². The number of carbonyl (C=O) groups excluding carboxylic acids is 1. The Hall–Kier alpha value is -2.60. The molecule has 1 saturated heterocycles. The highest BCUT2D eigenvalue weighted by Crippen LogP contribution is 2.25. The number of aromatic hydroxyl groups is 1. The van der Waals surface area contributed by atoms with Crippen LogP contribution >= 0.6 is 0 Å². The van der Waals surface area contributed by atoms with Gasteiger partial charge in [0.05, 0.1) is 18.8 Å². The number of anilines is 1. The molecule has 1 aliphatic heterocycles. The van der Waals surface area contributed by atoms with Crippen LogP contribution in [0.15, 0.2) is 42.7 Å². The number of hydrogen-bond acceptors (Lipinski definition) is 5. The van der Waals surface area contributed by atoms with E-state index in [1.165, 1.54) is 0 Å². The average Bonchev–Trinajstić information content (AvgIpc) is 2.61. The Kier molecular flexibility index (Phi) is 4.73. The molecule has 6 heteroatoms. The maximum absolute atomic E-state index is 12.2. The second kappa shape index (κ2) is 7.11. The Balaban J connectivity index is 1.66. The van der Waals surface area contributed by atoms with Gasteiger partial charge in [-0.3, -0.25) is 9.78 Å². The minimum atomic E-state index is -0.298. The molecule has 0 spiro atoms. The second-order valence-electron chi connectivity index (χ2n) is 5.34. The SMILES string of the molecule is O=C(NCc1ccncc1)c1ccc(N2CCOCC2)cc1O. The van der Waals surface area contributed by atoms with Gasteiger partial charge in [-0.2, -0.15) is 0 Å². The number of carbonyl (C=O) groups is 1. The smallest absolute Gasteiger partial charge is 0.255 e. The van der Waals surface area contributed by atoms with Gasteiger partial charge in [-0.15, -0.1) is 0 Å². The lowest BCUT2D eigenvalue weighted by Gasteiger charge is -2.29. The van der Waals surface area contributed by atoms with Crippen molar-refractivity contribution in [2.45, 2.75) is 6.54 Å². The van der Waals surface area contributed by atoms with Gasteiger partial charge in [0.15, 0.2) is 0 Å². The zero-order chi connectivity index (χ0) is 16.1. The third-order valence-electron chi connectivity index (χ3n) is 3.80. The summed E-state index contributed by atoms with van der Waals surface area (Å²) in [5, 5.41) is 13.0. The summed E-state index contributed by atoms with van der Waals surface area (Å²) in [6.45, 7) is 3.32. The van der Waals surface area contributed by atoms with Crippen molar-refractivity contribution in [3.05, 3.63) is 53.9 Å². The zero-order valence-electron chi connectivity index (χ0n) is 12.7. The molecule has 2 N–H and O–H groups in total. The molecule has 0 radical (unpaired) electrons. The molecule has 0 aliphatic carbocycles. The topological polar surface area (TPSA) is 74.7 Å². The van der Waals surface area contributed by atoms with Gasteiger partial charge >= 0.3 is 0 Å². The molecular weight excluding hydrogens is 294 g/mol. The number of morpholine rings is 1. The van der Waals surface area contributed by atoms with Crippen molar-refractivity contribution in [1.82, 2.24) is 10.3 Å². The second-order valence-corrected chi connectivity index (χ2v) is 5.34. The van der Waals surface area contributed by atoms with E-state index in [0.29, 0.717) is 19.8 Å². The molecule has 1 fully saturated rings. The largest absolute Gasteiger partial charge is 0.507 e. The third kappa shape index (κ3) is 3.78. The molecule has 0 bridgehead atoms. The standard InChI is InChI=1S/C17H19N3O3/c21-16-11-14(20-7-9-23-10-8-20)1-2-15(16)17(22)19-12-13-3-5-18-6-4-13/h1-6,11,21H,7-10,12H2,(H,19,22). The van der Waals surface area contributed by atoms with Crippen LogP contribution in [0.2, 0.25) is 0 Å². The molecule has 1 amide bonds. The van der Waals surface area contributed by atoms with Gasteiger partial charge < -0.3 is 20.1 Å². The van der Waals surface area contributed by atoms with Crippen LogP contribution in [0.3, 0.4) is 0 Å². The molecule has 0 saturated carbocycles. The maximum Gasteiger partial charge on any atom is 0.255 e. The normalized spacial score (nSPS) is 14.5. The summed E-state index contributed by atoms with van der Waals surface area (Å²) < 4.78 is 5.31. The van der Waals surface area contributed by atoms with E-state index in [-0.39, 0.29) is 17.2 Å². The number of pyridine rings is 1. The predicted molar refractivity (Wildman–Crippen MR) is 86.5 cm³/mol. The van der Waals surface area contributed by atoms with E-state index >= 15 is 0 Å². The third-order valence-corrected chi connectivity index (χ3v) is 3.80. The van der Waals surface area contributed by atoms with E-state index in [1.807, 2.05) is 18.2 Å². The summed E-state index contributed by atoms with van der Waals surface area (Å²) >= 11 is 0. The van der Waals surface area contributed by atoms with Crippen molar-refractivity contribution in [3.63, 3.8) is 0 Å². The number of hydrogen-bond donors (Lipinski definition) is 2.